The fourth-order valence-electron chi connectivity index (χ4n) is 3.08. The van der Waals surface area contributed by atoms with Crippen molar-refractivity contribution in [3.05, 3.63) is 41.5 Å². The second-order valence-corrected chi connectivity index (χ2v) is 8.33. The summed E-state index contributed by atoms with van der Waals surface area (Å²) in [5.74, 6) is 0. The van der Waals surface area contributed by atoms with E-state index in [4.69, 9.17) is 0 Å². The Morgan fingerprint density at radius 2 is 1.83 bits per heavy atom. The van der Waals surface area contributed by atoms with Crippen molar-refractivity contribution >= 4 is 10.0 Å². The Morgan fingerprint density at radius 1 is 1.17 bits per heavy atom. The molecule has 3 nitrogen and oxygen atoms in total. The summed E-state index contributed by atoms with van der Waals surface area (Å²) in [5.41, 5.74) is 0.910. The summed E-state index contributed by atoms with van der Waals surface area (Å²) in [5, 5.41) is 0. The van der Waals surface area contributed by atoms with Gasteiger partial charge in [0.05, 0.1) is 4.90 Å². The minimum atomic E-state index is -3.75. The second kappa shape index (κ2) is 8.21. The number of hydrogen-bond acceptors (Lipinski definition) is 2. The van der Waals surface area contributed by atoms with Gasteiger partial charge in [0.15, 0.2) is 0 Å². The van der Waals surface area contributed by atoms with E-state index in [0.29, 0.717) is 6.42 Å². The molecule has 1 unspecified atom stereocenters. The number of rotatable bonds is 7. The third-order valence-corrected chi connectivity index (χ3v) is 6.43. The maximum atomic E-state index is 13.0. The van der Waals surface area contributed by atoms with Gasteiger partial charge in [-0.3, -0.25) is 0 Å². The zero-order valence-corrected chi connectivity index (χ0v) is 15.1. The van der Waals surface area contributed by atoms with Gasteiger partial charge < -0.3 is 0 Å². The van der Waals surface area contributed by atoms with Crippen LogP contribution in [0, 0.1) is 6.92 Å². The highest BCUT2D eigenvalue weighted by molar-refractivity contribution is 7.89. The molecular weight excluding hydrogens is 332 g/mol. The van der Waals surface area contributed by atoms with Gasteiger partial charge >= 0.3 is 0 Å². The Kier molecular flexibility index (Phi) is 6.52. The molecule has 24 heavy (non-hydrogen) atoms. The summed E-state index contributed by atoms with van der Waals surface area (Å²) in [7, 11) is -3.75. The standard InChI is InChI=1S/C18H25F2NO2S/c1-3-4-5-6-7-16-12-15(18(19)20)13-21(16)24(22,23)17-10-8-14(2)9-11-17/h8-11,16H,3-7,12-13H2,1-2H3. The summed E-state index contributed by atoms with van der Waals surface area (Å²) >= 11 is 0. The molecule has 1 aliphatic rings. The van der Waals surface area contributed by atoms with Gasteiger partial charge in [0.1, 0.15) is 0 Å². The van der Waals surface area contributed by atoms with Gasteiger partial charge in [0.25, 0.3) is 6.08 Å². The van der Waals surface area contributed by atoms with Crippen LogP contribution in [-0.2, 0) is 10.0 Å². The van der Waals surface area contributed by atoms with E-state index in [2.05, 4.69) is 6.92 Å². The molecule has 1 atom stereocenters. The largest absolute Gasteiger partial charge is 0.270 e. The average Bonchev–Trinajstić information content (AvgIpc) is 2.97. The third-order valence-electron chi connectivity index (χ3n) is 4.52. The van der Waals surface area contributed by atoms with Crippen LogP contribution in [0.5, 0.6) is 0 Å². The molecule has 0 amide bonds. The Labute approximate surface area is 143 Å². The maximum absolute atomic E-state index is 13.0. The lowest BCUT2D eigenvalue weighted by molar-refractivity contribution is 0.360. The van der Waals surface area contributed by atoms with Crippen LogP contribution in [0.1, 0.15) is 51.0 Å². The summed E-state index contributed by atoms with van der Waals surface area (Å²) in [6.45, 7) is 3.78. The molecule has 0 N–H and O–H groups in total. The van der Waals surface area contributed by atoms with Gasteiger partial charge in [0, 0.05) is 18.2 Å². The predicted octanol–water partition coefficient (Wildman–Crippen LogP) is 4.88. The highest BCUT2D eigenvalue weighted by Crippen LogP contribution is 2.34. The Morgan fingerprint density at radius 3 is 2.42 bits per heavy atom. The van der Waals surface area contributed by atoms with Crippen molar-refractivity contribution in [2.24, 2.45) is 0 Å². The molecule has 1 aromatic rings. The van der Waals surface area contributed by atoms with Crippen molar-refractivity contribution in [1.82, 2.24) is 4.31 Å². The summed E-state index contributed by atoms with van der Waals surface area (Å²) < 4.78 is 53.1. The van der Waals surface area contributed by atoms with Crippen LogP contribution in [0.25, 0.3) is 0 Å². The quantitative estimate of drug-likeness (QED) is 0.652. The molecule has 1 aliphatic heterocycles. The zero-order chi connectivity index (χ0) is 17.7. The molecule has 1 heterocycles. The van der Waals surface area contributed by atoms with E-state index in [9.17, 15) is 17.2 Å². The lowest BCUT2D eigenvalue weighted by Gasteiger charge is -2.23. The first-order valence-corrected chi connectivity index (χ1v) is 9.91. The van der Waals surface area contributed by atoms with E-state index < -0.39 is 16.1 Å². The van der Waals surface area contributed by atoms with Gasteiger partial charge in [-0.2, -0.15) is 13.1 Å². The van der Waals surface area contributed by atoms with Crippen LogP contribution in [0.15, 0.2) is 40.8 Å². The van der Waals surface area contributed by atoms with Gasteiger partial charge in [-0.15, -0.1) is 0 Å². The van der Waals surface area contributed by atoms with Crippen molar-refractivity contribution in [1.29, 1.82) is 0 Å². The Hall–Kier alpha value is -1.27. The molecule has 2 rings (SSSR count). The Balaban J connectivity index is 2.22. The molecular formula is C18H25F2NO2S. The van der Waals surface area contributed by atoms with Crippen LogP contribution in [0.3, 0.4) is 0 Å². The molecule has 134 valence electrons. The molecule has 0 saturated carbocycles. The number of hydrogen-bond donors (Lipinski definition) is 0. The summed E-state index contributed by atoms with van der Waals surface area (Å²) in [4.78, 5) is 0.173. The van der Waals surface area contributed by atoms with E-state index in [1.165, 1.54) is 4.31 Å². The zero-order valence-electron chi connectivity index (χ0n) is 14.3. The van der Waals surface area contributed by atoms with E-state index in [-0.39, 0.29) is 29.5 Å². The number of aryl methyl sites for hydroxylation is 1. The van der Waals surface area contributed by atoms with E-state index in [1.54, 1.807) is 24.3 Å². The third kappa shape index (κ3) is 4.42. The number of halogens is 2. The highest BCUT2D eigenvalue weighted by atomic mass is 32.2. The molecule has 0 aromatic heterocycles. The van der Waals surface area contributed by atoms with Gasteiger partial charge in [-0.25, -0.2) is 8.42 Å². The molecule has 1 aromatic carbocycles. The van der Waals surface area contributed by atoms with Crippen molar-refractivity contribution in [2.75, 3.05) is 6.54 Å². The van der Waals surface area contributed by atoms with Gasteiger partial charge in [-0.1, -0.05) is 50.3 Å². The predicted molar refractivity (Wildman–Crippen MR) is 91.5 cm³/mol. The molecule has 1 fully saturated rings. The highest BCUT2D eigenvalue weighted by Gasteiger charge is 2.38. The molecule has 0 bridgehead atoms. The fraction of sp³-hybridized carbons (Fsp3) is 0.556. The monoisotopic (exact) mass is 357 g/mol. The van der Waals surface area contributed by atoms with Crippen LogP contribution < -0.4 is 0 Å². The fourth-order valence-corrected chi connectivity index (χ4v) is 4.73. The van der Waals surface area contributed by atoms with Gasteiger partial charge in [-0.05, 0) is 31.9 Å². The second-order valence-electron chi connectivity index (χ2n) is 6.43. The van der Waals surface area contributed by atoms with Crippen molar-refractivity contribution in [2.45, 2.75) is 63.3 Å². The van der Waals surface area contributed by atoms with E-state index >= 15 is 0 Å². The number of nitrogens with zero attached hydrogens (tertiary/aromatic N) is 1. The first-order chi connectivity index (χ1) is 11.4. The van der Waals surface area contributed by atoms with Crippen molar-refractivity contribution in [3.8, 4) is 0 Å². The number of sulfonamides is 1. The van der Waals surface area contributed by atoms with Crippen LogP contribution >= 0.6 is 0 Å². The minimum absolute atomic E-state index is 0.0498. The van der Waals surface area contributed by atoms with Gasteiger partial charge in [0.2, 0.25) is 10.0 Å². The normalized spacial score (nSPS) is 19.0. The lowest BCUT2D eigenvalue weighted by atomic mass is 10.0. The molecule has 0 radical (unpaired) electrons. The number of unbranched alkanes of at least 4 members (excludes halogenated alkanes) is 3. The number of benzene rings is 1. The topological polar surface area (TPSA) is 37.4 Å². The first kappa shape index (κ1) is 19.1. The summed E-state index contributed by atoms with van der Waals surface area (Å²) in [6.07, 6.45) is 3.05. The average molecular weight is 357 g/mol. The Bertz CT molecular complexity index is 679. The van der Waals surface area contributed by atoms with Crippen LogP contribution in [0.4, 0.5) is 8.78 Å². The molecule has 0 spiro atoms. The first-order valence-electron chi connectivity index (χ1n) is 8.47. The van der Waals surface area contributed by atoms with Crippen molar-refractivity contribution in [3.63, 3.8) is 0 Å². The van der Waals surface area contributed by atoms with Crippen LogP contribution in [-0.4, -0.2) is 25.3 Å². The SMILES string of the molecule is CCCCCCC1CC(=C(F)F)CN1S(=O)(=O)c1ccc(C)cc1. The summed E-state index contributed by atoms with van der Waals surface area (Å²) in [6, 6.07) is 6.18. The van der Waals surface area contributed by atoms with Crippen molar-refractivity contribution < 1.29 is 17.2 Å². The van der Waals surface area contributed by atoms with E-state index in [1.807, 2.05) is 6.92 Å². The minimum Gasteiger partial charge on any atom is -0.207 e. The molecule has 6 heteroatoms. The molecule has 1 saturated heterocycles. The maximum Gasteiger partial charge on any atom is 0.270 e. The van der Waals surface area contributed by atoms with Crippen LogP contribution in [0.2, 0.25) is 0 Å². The smallest absolute Gasteiger partial charge is 0.207 e. The van der Waals surface area contributed by atoms with E-state index in [0.717, 1.165) is 31.2 Å². The lowest BCUT2D eigenvalue weighted by Crippen LogP contribution is -2.35. The molecule has 0 aliphatic carbocycles.